The van der Waals surface area contributed by atoms with E-state index < -0.39 is 11.5 Å². The van der Waals surface area contributed by atoms with Crippen molar-refractivity contribution in [2.75, 3.05) is 6.54 Å². The fourth-order valence-electron chi connectivity index (χ4n) is 3.48. The lowest BCUT2D eigenvalue weighted by molar-refractivity contribution is -0.161. The molecule has 1 aliphatic carbocycles. The topological polar surface area (TPSA) is 57.6 Å². The summed E-state index contributed by atoms with van der Waals surface area (Å²) in [7, 11) is 0. The monoisotopic (exact) mass is 289 g/mol. The molecular weight excluding hydrogens is 266 g/mol. The molecule has 4 nitrogen and oxygen atoms in total. The molecule has 2 atom stereocenters. The minimum Gasteiger partial charge on any atom is -0.479 e. The number of rotatable bonds is 4. The van der Waals surface area contributed by atoms with Crippen LogP contribution in [0.15, 0.2) is 24.3 Å². The third-order valence-corrected chi connectivity index (χ3v) is 4.52. The van der Waals surface area contributed by atoms with Crippen molar-refractivity contribution < 1.29 is 14.7 Å². The van der Waals surface area contributed by atoms with Crippen molar-refractivity contribution >= 4 is 11.9 Å². The van der Waals surface area contributed by atoms with E-state index in [1.807, 2.05) is 31.2 Å². The molecule has 2 rings (SSSR count). The van der Waals surface area contributed by atoms with Gasteiger partial charge in [0.1, 0.15) is 0 Å². The molecular formula is C17H23NO3. The van der Waals surface area contributed by atoms with Crippen LogP contribution < -0.4 is 0 Å². The predicted molar refractivity (Wildman–Crippen MR) is 81.1 cm³/mol. The zero-order valence-electron chi connectivity index (χ0n) is 12.9. The van der Waals surface area contributed by atoms with Crippen LogP contribution in [0.2, 0.25) is 0 Å². The molecule has 1 amide bonds. The van der Waals surface area contributed by atoms with Crippen LogP contribution in [-0.2, 0) is 15.1 Å². The maximum atomic E-state index is 12.2. The lowest BCUT2D eigenvalue weighted by atomic mass is 9.71. The zero-order chi connectivity index (χ0) is 15.6. The number of amides is 1. The number of aliphatic carboxylic acids is 1. The van der Waals surface area contributed by atoms with Crippen LogP contribution in [0.1, 0.15) is 57.1 Å². The van der Waals surface area contributed by atoms with Gasteiger partial charge in [0, 0.05) is 13.5 Å². The third-order valence-electron chi connectivity index (χ3n) is 4.52. The number of fused-ring (bicyclic) bond motifs is 1. The summed E-state index contributed by atoms with van der Waals surface area (Å²) < 4.78 is 0. The first kappa shape index (κ1) is 15.5. The van der Waals surface area contributed by atoms with Crippen LogP contribution in [0.5, 0.6) is 0 Å². The quantitative estimate of drug-likeness (QED) is 0.926. The van der Waals surface area contributed by atoms with Crippen molar-refractivity contribution in [1.29, 1.82) is 0 Å². The Balaban J connectivity index is 2.66. The predicted octanol–water partition coefficient (Wildman–Crippen LogP) is 3.12. The normalized spacial score (nSPS) is 24.2. The van der Waals surface area contributed by atoms with E-state index in [-0.39, 0.29) is 5.91 Å². The number of hydrogen-bond donors (Lipinski definition) is 1. The third kappa shape index (κ3) is 2.43. The molecule has 2 unspecified atom stereocenters. The fraction of sp³-hybridized carbons (Fsp3) is 0.529. The van der Waals surface area contributed by atoms with Crippen molar-refractivity contribution in [3.05, 3.63) is 35.4 Å². The Morgan fingerprint density at radius 3 is 2.62 bits per heavy atom. The van der Waals surface area contributed by atoms with Gasteiger partial charge in [-0.1, -0.05) is 38.1 Å². The van der Waals surface area contributed by atoms with Gasteiger partial charge in [-0.3, -0.25) is 4.79 Å². The molecule has 1 aromatic rings. The van der Waals surface area contributed by atoms with Gasteiger partial charge in [0.05, 0.1) is 0 Å². The van der Waals surface area contributed by atoms with Crippen LogP contribution in [0.25, 0.3) is 0 Å². The first-order valence-electron chi connectivity index (χ1n) is 7.56. The lowest BCUT2D eigenvalue weighted by Crippen LogP contribution is -2.56. The summed E-state index contributed by atoms with van der Waals surface area (Å²) >= 11 is 0. The van der Waals surface area contributed by atoms with Gasteiger partial charge in [-0.15, -0.1) is 0 Å². The second-order valence-corrected chi connectivity index (χ2v) is 5.86. The standard InChI is InChI=1S/C17H23NO3/c1-4-11-18(13(3)19)17(16(20)21)10-9-12(2)14-7-5-6-8-15(14)17/h5-8,12H,4,9-11H2,1-3H3,(H,20,21). The number of carboxylic acids is 1. The maximum Gasteiger partial charge on any atom is 0.334 e. The lowest BCUT2D eigenvalue weighted by Gasteiger charge is -2.45. The first-order valence-corrected chi connectivity index (χ1v) is 7.56. The van der Waals surface area contributed by atoms with E-state index in [4.69, 9.17) is 0 Å². The average Bonchev–Trinajstić information content (AvgIpc) is 2.46. The summed E-state index contributed by atoms with van der Waals surface area (Å²) in [6.45, 7) is 6.00. The maximum absolute atomic E-state index is 12.2. The van der Waals surface area contributed by atoms with E-state index in [1.165, 1.54) is 6.92 Å². The van der Waals surface area contributed by atoms with Gasteiger partial charge in [0.2, 0.25) is 5.91 Å². The minimum atomic E-state index is -1.22. The van der Waals surface area contributed by atoms with Gasteiger partial charge in [0.15, 0.2) is 5.54 Å². The Morgan fingerprint density at radius 1 is 1.38 bits per heavy atom. The van der Waals surface area contributed by atoms with Crippen LogP contribution in [0.4, 0.5) is 0 Å². The summed E-state index contributed by atoms with van der Waals surface area (Å²) in [4.78, 5) is 25.8. The Morgan fingerprint density at radius 2 is 2.05 bits per heavy atom. The smallest absolute Gasteiger partial charge is 0.334 e. The van der Waals surface area contributed by atoms with Gasteiger partial charge in [-0.05, 0) is 36.3 Å². The molecule has 1 aliphatic rings. The summed E-state index contributed by atoms with van der Waals surface area (Å²) in [5, 5.41) is 9.97. The van der Waals surface area contributed by atoms with Crippen molar-refractivity contribution in [2.24, 2.45) is 0 Å². The SMILES string of the molecule is CCCN(C(C)=O)C1(C(=O)O)CCC(C)c2ccccc21. The van der Waals surface area contributed by atoms with Gasteiger partial charge in [-0.2, -0.15) is 0 Å². The van der Waals surface area contributed by atoms with Crippen LogP contribution in [0, 0.1) is 0 Å². The number of carbonyl (C=O) groups excluding carboxylic acids is 1. The highest BCUT2D eigenvalue weighted by atomic mass is 16.4. The van der Waals surface area contributed by atoms with Crippen LogP contribution in [0.3, 0.4) is 0 Å². The second-order valence-electron chi connectivity index (χ2n) is 5.86. The highest BCUT2D eigenvalue weighted by Gasteiger charge is 2.50. The van der Waals surface area contributed by atoms with Crippen molar-refractivity contribution in [3.8, 4) is 0 Å². The van der Waals surface area contributed by atoms with Gasteiger partial charge < -0.3 is 10.0 Å². The second kappa shape index (κ2) is 5.88. The number of carboxylic acid groups (broad SMARTS) is 1. The Bertz CT molecular complexity index is 555. The molecule has 1 N–H and O–H groups in total. The number of hydrogen-bond acceptors (Lipinski definition) is 2. The molecule has 0 radical (unpaired) electrons. The molecule has 0 bridgehead atoms. The fourth-order valence-corrected chi connectivity index (χ4v) is 3.48. The summed E-state index contributed by atoms with van der Waals surface area (Å²) in [6.07, 6.45) is 1.99. The molecule has 114 valence electrons. The highest BCUT2D eigenvalue weighted by Crippen LogP contribution is 2.45. The molecule has 1 aromatic carbocycles. The van der Waals surface area contributed by atoms with Crippen molar-refractivity contribution in [2.45, 2.75) is 51.5 Å². The van der Waals surface area contributed by atoms with Crippen LogP contribution >= 0.6 is 0 Å². The molecule has 0 aliphatic heterocycles. The molecule has 21 heavy (non-hydrogen) atoms. The van der Waals surface area contributed by atoms with E-state index in [0.717, 1.165) is 24.0 Å². The highest BCUT2D eigenvalue weighted by molar-refractivity contribution is 5.88. The van der Waals surface area contributed by atoms with E-state index >= 15 is 0 Å². The summed E-state index contributed by atoms with van der Waals surface area (Å²) in [5.41, 5.74) is 0.610. The van der Waals surface area contributed by atoms with Crippen LogP contribution in [-0.4, -0.2) is 28.4 Å². The molecule has 0 spiro atoms. The largest absolute Gasteiger partial charge is 0.479 e. The van der Waals surface area contributed by atoms with Gasteiger partial charge in [-0.25, -0.2) is 4.79 Å². The molecule has 0 aromatic heterocycles. The van der Waals surface area contributed by atoms with E-state index in [1.54, 1.807) is 4.90 Å². The van der Waals surface area contributed by atoms with Gasteiger partial charge >= 0.3 is 5.97 Å². The number of nitrogens with zero attached hydrogens (tertiary/aromatic N) is 1. The summed E-state index contributed by atoms with van der Waals surface area (Å²) in [6, 6.07) is 7.65. The number of carbonyl (C=O) groups is 2. The first-order chi connectivity index (χ1) is 9.95. The Labute approximate surface area is 125 Å². The molecule has 0 saturated heterocycles. The average molecular weight is 289 g/mol. The Kier molecular flexibility index (Phi) is 4.35. The van der Waals surface area contributed by atoms with Crippen molar-refractivity contribution in [1.82, 2.24) is 4.90 Å². The zero-order valence-corrected chi connectivity index (χ0v) is 12.9. The van der Waals surface area contributed by atoms with Gasteiger partial charge in [0.25, 0.3) is 0 Å². The number of benzene rings is 1. The molecule has 0 heterocycles. The molecule has 0 saturated carbocycles. The Hall–Kier alpha value is -1.84. The van der Waals surface area contributed by atoms with E-state index in [2.05, 4.69) is 6.92 Å². The van der Waals surface area contributed by atoms with E-state index in [0.29, 0.717) is 18.9 Å². The molecule has 0 fully saturated rings. The minimum absolute atomic E-state index is 0.177. The summed E-state index contributed by atoms with van der Waals surface area (Å²) in [5.74, 6) is -0.779. The molecule has 4 heteroatoms. The van der Waals surface area contributed by atoms with E-state index in [9.17, 15) is 14.7 Å². The van der Waals surface area contributed by atoms with Crippen molar-refractivity contribution in [3.63, 3.8) is 0 Å².